The average Bonchev–Trinajstić information content (AvgIpc) is 3.47. The van der Waals surface area contributed by atoms with E-state index >= 15 is 0 Å². The largest absolute Gasteiger partial charge is 0.329 e. The summed E-state index contributed by atoms with van der Waals surface area (Å²) in [5, 5.41) is 0.952. The van der Waals surface area contributed by atoms with Gasteiger partial charge in [0.15, 0.2) is 0 Å². The Morgan fingerprint density at radius 1 is 1.00 bits per heavy atom. The van der Waals surface area contributed by atoms with Crippen molar-refractivity contribution in [1.82, 2.24) is 9.80 Å². The molecule has 1 amide bonds. The Balaban J connectivity index is 1.64. The van der Waals surface area contributed by atoms with Crippen molar-refractivity contribution in [3.63, 3.8) is 0 Å². The van der Waals surface area contributed by atoms with Gasteiger partial charge in [-0.2, -0.15) is 0 Å². The van der Waals surface area contributed by atoms with Crippen molar-refractivity contribution in [2.45, 2.75) is 24.9 Å². The summed E-state index contributed by atoms with van der Waals surface area (Å²) in [6, 6.07) is 16.1. The number of carbonyl (C=O) groups excluding carboxylic acids is 1. The molecule has 1 atom stereocenters. The minimum Gasteiger partial charge on any atom is -0.329 e. The number of benzene rings is 2. The van der Waals surface area contributed by atoms with Crippen LogP contribution in [0.4, 0.5) is 0 Å². The Bertz CT molecular complexity index is 777. The summed E-state index contributed by atoms with van der Waals surface area (Å²) in [6.07, 6.45) is 2.55. The summed E-state index contributed by atoms with van der Waals surface area (Å²) in [5.41, 5.74) is 1.69. The molecule has 1 aliphatic heterocycles. The maximum Gasteiger partial charge on any atom is 0.255 e. The van der Waals surface area contributed by atoms with Gasteiger partial charge in [0.1, 0.15) is 0 Å². The van der Waals surface area contributed by atoms with Crippen LogP contribution < -0.4 is 0 Å². The molecule has 0 radical (unpaired) electrons. The van der Waals surface area contributed by atoms with E-state index < -0.39 is 0 Å². The average molecular weight is 375 g/mol. The normalized spacial score (nSPS) is 21.4. The fourth-order valence-corrected chi connectivity index (χ4v) is 4.09. The highest BCUT2D eigenvalue weighted by molar-refractivity contribution is 6.36. The molecule has 5 heteroatoms. The van der Waals surface area contributed by atoms with Crippen molar-refractivity contribution in [1.29, 1.82) is 0 Å². The quantitative estimate of drug-likeness (QED) is 0.779. The molecule has 1 saturated heterocycles. The van der Waals surface area contributed by atoms with Gasteiger partial charge in [-0.1, -0.05) is 53.5 Å². The summed E-state index contributed by atoms with van der Waals surface area (Å²) in [5.74, 6) is -0.0223. The van der Waals surface area contributed by atoms with Crippen LogP contribution in [-0.4, -0.2) is 41.4 Å². The number of hydrogen-bond donors (Lipinski definition) is 0. The molecule has 0 aromatic heterocycles. The first-order valence-corrected chi connectivity index (χ1v) is 9.44. The highest BCUT2D eigenvalue weighted by Gasteiger charge is 2.38. The van der Waals surface area contributed by atoms with Crippen molar-refractivity contribution in [2.75, 3.05) is 19.6 Å². The smallest absolute Gasteiger partial charge is 0.255 e. The van der Waals surface area contributed by atoms with Gasteiger partial charge in [0.25, 0.3) is 5.91 Å². The molecular formula is C20H20Cl2N2O. The van der Waals surface area contributed by atoms with Crippen LogP contribution in [0.1, 0.15) is 34.8 Å². The molecule has 2 fully saturated rings. The lowest BCUT2D eigenvalue weighted by Gasteiger charge is -2.42. The van der Waals surface area contributed by atoms with Gasteiger partial charge in [0.05, 0.1) is 16.6 Å². The number of halogens is 2. The van der Waals surface area contributed by atoms with Crippen molar-refractivity contribution in [3.05, 3.63) is 69.7 Å². The van der Waals surface area contributed by atoms with Crippen LogP contribution in [0.2, 0.25) is 10.0 Å². The Morgan fingerprint density at radius 2 is 1.76 bits per heavy atom. The lowest BCUT2D eigenvalue weighted by atomic mass is 10.0. The molecule has 130 valence electrons. The van der Waals surface area contributed by atoms with Gasteiger partial charge in [0.2, 0.25) is 0 Å². The first kappa shape index (κ1) is 16.9. The molecule has 4 rings (SSSR count). The molecule has 1 heterocycles. The highest BCUT2D eigenvalue weighted by atomic mass is 35.5. The molecule has 1 aliphatic carbocycles. The van der Waals surface area contributed by atoms with Gasteiger partial charge in [-0.05, 0) is 36.6 Å². The Hall–Kier alpha value is -1.55. The predicted molar refractivity (Wildman–Crippen MR) is 101 cm³/mol. The first-order valence-electron chi connectivity index (χ1n) is 8.68. The first-order chi connectivity index (χ1) is 12.1. The maximum atomic E-state index is 13.2. The van der Waals surface area contributed by atoms with Crippen molar-refractivity contribution >= 4 is 29.1 Å². The summed E-state index contributed by atoms with van der Waals surface area (Å²) in [6.45, 7) is 2.52. The number of piperazine rings is 1. The Kier molecular flexibility index (Phi) is 4.72. The number of nitrogens with zero attached hydrogens (tertiary/aromatic N) is 2. The van der Waals surface area contributed by atoms with Crippen LogP contribution in [0.5, 0.6) is 0 Å². The zero-order valence-electron chi connectivity index (χ0n) is 13.9. The van der Waals surface area contributed by atoms with Crippen LogP contribution in [0.3, 0.4) is 0 Å². The van der Waals surface area contributed by atoms with Gasteiger partial charge in [0, 0.05) is 30.7 Å². The summed E-state index contributed by atoms with van der Waals surface area (Å²) < 4.78 is 0. The number of carbonyl (C=O) groups is 1. The fraction of sp³-hybridized carbons (Fsp3) is 0.350. The second kappa shape index (κ2) is 6.99. The molecule has 0 bridgehead atoms. The minimum absolute atomic E-state index is 0.0223. The number of amides is 1. The van der Waals surface area contributed by atoms with E-state index in [0.29, 0.717) is 28.2 Å². The minimum atomic E-state index is -0.0223. The standard InChI is InChI=1S/C20H20Cl2N2O/c21-15-6-9-17(18(22)12-15)20(25)24-11-10-23(16-7-8-16)13-19(24)14-4-2-1-3-5-14/h1-6,9,12,16,19H,7-8,10-11,13H2. The zero-order chi connectivity index (χ0) is 17.4. The molecule has 2 aromatic carbocycles. The molecule has 1 saturated carbocycles. The van der Waals surface area contributed by atoms with Crippen LogP contribution in [0.25, 0.3) is 0 Å². The topological polar surface area (TPSA) is 23.6 Å². The van der Waals surface area contributed by atoms with Crippen molar-refractivity contribution in [3.8, 4) is 0 Å². The maximum absolute atomic E-state index is 13.2. The van der Waals surface area contributed by atoms with E-state index in [0.717, 1.165) is 13.1 Å². The molecule has 2 aliphatic rings. The Labute approximate surface area is 158 Å². The highest BCUT2D eigenvalue weighted by Crippen LogP contribution is 2.35. The SMILES string of the molecule is O=C(c1ccc(Cl)cc1Cl)N1CCN(C2CC2)CC1c1ccccc1. The second-order valence-electron chi connectivity index (χ2n) is 6.78. The van der Waals surface area contributed by atoms with Crippen molar-refractivity contribution < 1.29 is 4.79 Å². The lowest BCUT2D eigenvalue weighted by Crippen LogP contribution is -2.51. The van der Waals surface area contributed by atoms with Crippen LogP contribution in [-0.2, 0) is 0 Å². The van der Waals surface area contributed by atoms with Crippen molar-refractivity contribution in [2.24, 2.45) is 0 Å². The molecule has 3 nitrogen and oxygen atoms in total. The van der Waals surface area contributed by atoms with E-state index in [4.69, 9.17) is 23.2 Å². The van der Waals surface area contributed by atoms with Gasteiger partial charge in [-0.15, -0.1) is 0 Å². The van der Waals surface area contributed by atoms with Crippen LogP contribution in [0, 0.1) is 0 Å². The van der Waals surface area contributed by atoms with E-state index in [-0.39, 0.29) is 11.9 Å². The van der Waals surface area contributed by atoms with Gasteiger partial charge >= 0.3 is 0 Å². The molecule has 0 spiro atoms. The summed E-state index contributed by atoms with van der Waals surface area (Å²) in [7, 11) is 0. The van der Waals surface area contributed by atoms with Gasteiger partial charge in [-0.3, -0.25) is 9.69 Å². The summed E-state index contributed by atoms with van der Waals surface area (Å²) >= 11 is 12.3. The third-order valence-electron chi connectivity index (χ3n) is 5.08. The molecule has 2 aromatic rings. The zero-order valence-corrected chi connectivity index (χ0v) is 15.4. The third-order valence-corrected chi connectivity index (χ3v) is 5.63. The molecule has 25 heavy (non-hydrogen) atoms. The van der Waals surface area contributed by atoms with E-state index in [1.807, 2.05) is 23.1 Å². The summed E-state index contributed by atoms with van der Waals surface area (Å²) in [4.78, 5) is 17.7. The van der Waals surface area contributed by atoms with Crippen LogP contribution >= 0.6 is 23.2 Å². The fourth-order valence-electron chi connectivity index (χ4n) is 3.60. The van der Waals surface area contributed by atoms with E-state index in [9.17, 15) is 4.79 Å². The van der Waals surface area contributed by atoms with E-state index in [2.05, 4.69) is 17.0 Å². The number of rotatable bonds is 3. The van der Waals surface area contributed by atoms with E-state index in [1.165, 1.54) is 18.4 Å². The monoisotopic (exact) mass is 374 g/mol. The van der Waals surface area contributed by atoms with Crippen LogP contribution in [0.15, 0.2) is 48.5 Å². The lowest BCUT2D eigenvalue weighted by molar-refractivity contribution is 0.0433. The third kappa shape index (κ3) is 3.55. The molecular weight excluding hydrogens is 355 g/mol. The van der Waals surface area contributed by atoms with E-state index in [1.54, 1.807) is 18.2 Å². The second-order valence-corrected chi connectivity index (χ2v) is 7.62. The molecule has 1 unspecified atom stereocenters. The Morgan fingerprint density at radius 3 is 2.44 bits per heavy atom. The predicted octanol–water partition coefficient (Wildman–Crippen LogP) is 4.65. The molecule has 0 N–H and O–H groups in total. The number of hydrogen-bond acceptors (Lipinski definition) is 2. The van der Waals surface area contributed by atoms with Gasteiger partial charge in [-0.25, -0.2) is 0 Å². The van der Waals surface area contributed by atoms with Gasteiger partial charge < -0.3 is 4.90 Å².